The fraction of sp³-hybridized carbons (Fsp3) is 0. The zero-order chi connectivity index (χ0) is 46.0. The minimum absolute atomic E-state index is 0.266. The molecule has 0 aliphatic rings. The summed E-state index contributed by atoms with van der Waals surface area (Å²) in [6, 6.07) is 59.0. The molecule has 0 amide bonds. The number of hydrogen-bond donors (Lipinski definition) is 0. The van der Waals surface area contributed by atoms with Gasteiger partial charge < -0.3 is 4.57 Å². The number of benzene rings is 8. The average Bonchev–Trinajstić information content (AvgIpc) is 3.73. The fourth-order valence-electron chi connectivity index (χ4n) is 8.47. The van der Waals surface area contributed by atoms with E-state index in [1.165, 1.54) is 0 Å². The molecule has 0 fully saturated rings. The summed E-state index contributed by atoms with van der Waals surface area (Å²) in [7, 11) is 0. The van der Waals surface area contributed by atoms with Crippen molar-refractivity contribution in [2.24, 2.45) is 0 Å². The first kappa shape index (κ1) is 40.6. The maximum Gasteiger partial charge on any atom is 0.189 e. The lowest BCUT2D eigenvalue weighted by Crippen LogP contribution is -2.04. The first-order valence-corrected chi connectivity index (χ1v) is 20.8. The first-order valence-electron chi connectivity index (χ1n) is 20.8. The van der Waals surface area contributed by atoms with Crippen molar-refractivity contribution in [2.75, 3.05) is 0 Å². The average molecular weight is 853 g/mol. The molecule has 0 bridgehead atoms. The lowest BCUT2D eigenvalue weighted by molar-refractivity contribution is 1.07. The molecule has 0 radical (unpaired) electrons. The number of nitriles is 3. The van der Waals surface area contributed by atoms with Gasteiger partial charge in [-0.3, -0.25) is 0 Å². The van der Waals surface area contributed by atoms with Gasteiger partial charge in [0, 0.05) is 44.2 Å². The summed E-state index contributed by atoms with van der Waals surface area (Å²) in [5.41, 5.74) is 10.1. The smallest absolute Gasteiger partial charge is 0.189 e. The Bertz CT molecular complexity index is 3690. The molecule has 0 unspecified atom stereocenters. The predicted octanol–water partition coefficient (Wildman–Crippen LogP) is 14.2. The zero-order valence-electron chi connectivity index (χ0n) is 35.1. The van der Waals surface area contributed by atoms with Gasteiger partial charge in [-0.05, 0) is 89.0 Å². The van der Waals surface area contributed by atoms with Crippen molar-refractivity contribution in [3.8, 4) is 91.4 Å². The van der Waals surface area contributed by atoms with Crippen LogP contribution < -0.4 is 0 Å². The molecule has 2 heterocycles. The molecular formula is C57H28N10. The van der Waals surface area contributed by atoms with E-state index in [9.17, 15) is 15.8 Å². The highest BCUT2D eigenvalue weighted by molar-refractivity contribution is 6.12. The van der Waals surface area contributed by atoms with Crippen molar-refractivity contribution >= 4 is 38.9 Å². The molecule has 67 heavy (non-hydrogen) atoms. The summed E-state index contributed by atoms with van der Waals surface area (Å²) in [5.74, 6) is 1.24. The van der Waals surface area contributed by atoms with E-state index in [4.69, 9.17) is 34.7 Å². The summed E-state index contributed by atoms with van der Waals surface area (Å²) in [4.78, 5) is 26.3. The molecule has 0 saturated heterocycles. The summed E-state index contributed by atoms with van der Waals surface area (Å²) >= 11 is 0. The Morgan fingerprint density at radius 2 is 0.836 bits per heavy atom. The van der Waals surface area contributed by atoms with Gasteiger partial charge in [0.15, 0.2) is 34.5 Å². The normalized spacial score (nSPS) is 10.6. The molecule has 0 aliphatic heterocycles. The largest absolute Gasteiger partial charge is 0.308 e. The van der Waals surface area contributed by atoms with E-state index in [1.54, 1.807) is 54.6 Å². The van der Waals surface area contributed by atoms with E-state index in [2.05, 4.69) is 37.3 Å². The monoisotopic (exact) mass is 852 g/mol. The van der Waals surface area contributed by atoms with Crippen LogP contribution in [0.25, 0.3) is 110 Å². The van der Waals surface area contributed by atoms with Crippen LogP contribution in [0.1, 0.15) is 16.7 Å². The number of aromatic nitrogens is 4. The van der Waals surface area contributed by atoms with Crippen LogP contribution in [-0.2, 0) is 0 Å². The van der Waals surface area contributed by atoms with Gasteiger partial charge in [-0.2, -0.15) is 15.8 Å². The van der Waals surface area contributed by atoms with Crippen LogP contribution in [0, 0.1) is 53.7 Å². The highest BCUT2D eigenvalue weighted by Crippen LogP contribution is 2.46. The number of para-hydroxylation sites is 1. The van der Waals surface area contributed by atoms with E-state index >= 15 is 0 Å². The van der Waals surface area contributed by atoms with Crippen molar-refractivity contribution in [1.82, 2.24) is 19.5 Å². The van der Waals surface area contributed by atoms with E-state index in [0.29, 0.717) is 62.2 Å². The number of nitrogens with zero attached hydrogens (tertiary/aromatic N) is 10. The van der Waals surface area contributed by atoms with Crippen LogP contribution >= 0.6 is 0 Å². The Labute approximate surface area is 384 Å². The van der Waals surface area contributed by atoms with Crippen molar-refractivity contribution < 1.29 is 0 Å². The number of rotatable bonds is 7. The molecule has 8 aromatic carbocycles. The molecule has 10 heteroatoms. The minimum atomic E-state index is 0.266. The standard InChI is InChI=1S/C57H28N10/c1-61-45-24-37(34-60)21-41(25-45)40-18-19-53-51(28-40)48-16-10-11-17-52(48)67(53)54-49(42-22-35(32-58)20-36(23-42)33-59)29-44(30-50(54)43-26-46(62-2)31-47(27-43)63-3)57-65-55(38-12-6-4-7-13-38)64-56(66-57)39-14-8-5-9-15-39/h4-31H. The molecule has 0 atom stereocenters. The molecule has 10 rings (SSSR count). The molecule has 2 aromatic heterocycles. The van der Waals surface area contributed by atoms with Gasteiger partial charge in [-0.25, -0.2) is 29.5 Å². The lowest BCUT2D eigenvalue weighted by Gasteiger charge is -2.22. The van der Waals surface area contributed by atoms with Crippen molar-refractivity contribution in [3.05, 3.63) is 221 Å². The van der Waals surface area contributed by atoms with Crippen molar-refractivity contribution in [3.63, 3.8) is 0 Å². The van der Waals surface area contributed by atoms with Crippen LogP contribution in [0.4, 0.5) is 17.1 Å². The van der Waals surface area contributed by atoms with Gasteiger partial charge in [0.1, 0.15) is 0 Å². The van der Waals surface area contributed by atoms with Crippen LogP contribution in [0.15, 0.2) is 170 Å². The third-order valence-electron chi connectivity index (χ3n) is 11.4. The maximum absolute atomic E-state index is 10.3. The highest BCUT2D eigenvalue weighted by atomic mass is 15.0. The van der Waals surface area contributed by atoms with Gasteiger partial charge in [0.05, 0.1) is 65.8 Å². The molecule has 0 N–H and O–H groups in total. The third-order valence-corrected chi connectivity index (χ3v) is 11.4. The Balaban J connectivity index is 1.36. The molecule has 0 saturated carbocycles. The predicted molar refractivity (Wildman–Crippen MR) is 260 cm³/mol. The Kier molecular flexibility index (Phi) is 10.3. The van der Waals surface area contributed by atoms with Gasteiger partial charge in [-0.15, -0.1) is 0 Å². The van der Waals surface area contributed by atoms with Gasteiger partial charge in [0.25, 0.3) is 0 Å². The SMILES string of the molecule is [C-]#[N+]c1cc(C#N)cc(-c2ccc3c(c2)c2ccccc2n3-c2c(-c3cc(C#N)cc(C#N)c3)cc(-c3nc(-c4ccccc4)nc(-c4ccccc4)n3)cc2-c2cc([N+]#[C-])cc([N+]#[C-])c2)c1. The molecule has 10 aromatic rings. The topological polar surface area (TPSA) is 128 Å². The van der Waals surface area contributed by atoms with Crippen LogP contribution in [-0.4, -0.2) is 19.5 Å². The van der Waals surface area contributed by atoms with Crippen LogP contribution in [0.3, 0.4) is 0 Å². The second-order valence-corrected chi connectivity index (χ2v) is 15.5. The molecule has 0 spiro atoms. The summed E-state index contributed by atoms with van der Waals surface area (Å²) < 4.78 is 2.13. The second-order valence-electron chi connectivity index (χ2n) is 15.5. The lowest BCUT2D eigenvalue weighted by atomic mass is 9.90. The van der Waals surface area contributed by atoms with Crippen molar-refractivity contribution in [2.45, 2.75) is 0 Å². The molecule has 10 nitrogen and oxygen atoms in total. The highest BCUT2D eigenvalue weighted by Gasteiger charge is 2.24. The summed E-state index contributed by atoms with van der Waals surface area (Å²) in [5, 5.41) is 32.3. The summed E-state index contributed by atoms with van der Waals surface area (Å²) in [6.07, 6.45) is 0. The van der Waals surface area contributed by atoms with Crippen LogP contribution in [0.5, 0.6) is 0 Å². The second kappa shape index (κ2) is 17.0. The van der Waals surface area contributed by atoms with E-state index in [-0.39, 0.29) is 22.5 Å². The fourth-order valence-corrected chi connectivity index (χ4v) is 8.47. The number of fused-ring (bicyclic) bond motifs is 3. The van der Waals surface area contributed by atoms with Crippen molar-refractivity contribution in [1.29, 1.82) is 15.8 Å². The minimum Gasteiger partial charge on any atom is -0.308 e. The van der Waals surface area contributed by atoms with E-state index < -0.39 is 0 Å². The molecular weight excluding hydrogens is 825 g/mol. The van der Waals surface area contributed by atoms with Gasteiger partial charge >= 0.3 is 0 Å². The van der Waals surface area contributed by atoms with E-state index in [1.807, 2.05) is 115 Å². The Morgan fingerprint density at radius 3 is 1.40 bits per heavy atom. The quantitative estimate of drug-likeness (QED) is 0.147. The van der Waals surface area contributed by atoms with E-state index in [0.717, 1.165) is 44.1 Å². The Morgan fingerprint density at radius 1 is 0.373 bits per heavy atom. The third kappa shape index (κ3) is 7.51. The molecule has 0 aliphatic carbocycles. The Hall–Kier alpha value is -10.5. The summed E-state index contributed by atoms with van der Waals surface area (Å²) in [6.45, 7) is 23.8. The maximum atomic E-state index is 10.3. The van der Waals surface area contributed by atoms with Gasteiger partial charge in [-0.1, -0.05) is 103 Å². The number of hydrogen-bond acceptors (Lipinski definition) is 6. The van der Waals surface area contributed by atoms with Gasteiger partial charge in [0.2, 0.25) is 0 Å². The molecule has 306 valence electrons. The first-order chi connectivity index (χ1) is 32.9. The zero-order valence-corrected chi connectivity index (χ0v) is 35.1. The van der Waals surface area contributed by atoms with Crippen LogP contribution in [0.2, 0.25) is 0 Å².